The van der Waals surface area contributed by atoms with E-state index in [0.717, 1.165) is 84.2 Å². The molecule has 0 aliphatic carbocycles. The van der Waals surface area contributed by atoms with Crippen molar-refractivity contribution in [1.29, 1.82) is 0 Å². The zero-order valence-electron chi connectivity index (χ0n) is 21.1. The van der Waals surface area contributed by atoms with Gasteiger partial charge < -0.3 is 20.0 Å². The Hall–Kier alpha value is -1.39. The average molecular weight is 573 g/mol. The highest BCUT2D eigenvalue weighted by molar-refractivity contribution is 14.0. The third kappa shape index (κ3) is 11.1. The lowest BCUT2D eigenvalue weighted by atomic mass is 10.2. The van der Waals surface area contributed by atoms with E-state index in [0.29, 0.717) is 6.54 Å². The van der Waals surface area contributed by atoms with E-state index in [4.69, 9.17) is 4.99 Å². The van der Waals surface area contributed by atoms with Crippen molar-refractivity contribution in [3.8, 4) is 0 Å². The van der Waals surface area contributed by atoms with Crippen LogP contribution in [0.25, 0.3) is 0 Å². The third-order valence-electron chi connectivity index (χ3n) is 6.04. The molecule has 0 spiro atoms. The first-order valence-corrected chi connectivity index (χ1v) is 12.3. The summed E-state index contributed by atoms with van der Waals surface area (Å²) in [5, 5.41) is 3.32. The lowest BCUT2D eigenvalue weighted by molar-refractivity contribution is -0.131. The van der Waals surface area contributed by atoms with Crippen LogP contribution in [0.5, 0.6) is 0 Å². The summed E-state index contributed by atoms with van der Waals surface area (Å²) < 4.78 is 0. The second-order valence-corrected chi connectivity index (χ2v) is 8.47. The summed E-state index contributed by atoms with van der Waals surface area (Å²) >= 11 is 0. The number of aliphatic imine (C=N–C) groups is 1. The van der Waals surface area contributed by atoms with Crippen LogP contribution in [0, 0.1) is 0 Å². The van der Waals surface area contributed by atoms with Crippen molar-refractivity contribution in [3.05, 3.63) is 35.9 Å². The van der Waals surface area contributed by atoms with Gasteiger partial charge in [0.15, 0.2) is 5.96 Å². The van der Waals surface area contributed by atoms with Crippen LogP contribution >= 0.6 is 24.0 Å². The number of carbonyl (C=O) groups is 1. The largest absolute Gasteiger partial charge is 0.357 e. The van der Waals surface area contributed by atoms with E-state index in [1.165, 1.54) is 5.56 Å². The van der Waals surface area contributed by atoms with Gasteiger partial charge in [-0.1, -0.05) is 30.3 Å². The van der Waals surface area contributed by atoms with Crippen molar-refractivity contribution in [2.75, 3.05) is 72.5 Å². The topological polar surface area (TPSA) is 54.4 Å². The third-order valence-corrected chi connectivity index (χ3v) is 6.04. The van der Waals surface area contributed by atoms with Crippen LogP contribution in [0.2, 0.25) is 0 Å². The van der Waals surface area contributed by atoms with Crippen LogP contribution in [-0.2, 0) is 11.3 Å². The Labute approximate surface area is 218 Å². The van der Waals surface area contributed by atoms with E-state index in [-0.39, 0.29) is 29.9 Å². The summed E-state index contributed by atoms with van der Waals surface area (Å²) in [5.74, 6) is 0.969. The lowest BCUT2D eigenvalue weighted by Crippen LogP contribution is -2.46. The standard InChI is InChI=1S/C25H44N6O.HI/c1-5-26-25(28(4)22-24(32)31(6-2)7-3)27-15-11-12-16-29-17-19-30(20-18-29)21-23-13-9-8-10-14-23;/h8-10,13-14H,5-7,11-12,15-22H2,1-4H3,(H,26,27);1H. The normalized spacial score (nSPS) is 15.1. The SMILES string of the molecule is CCNC(=NCCCCN1CCN(Cc2ccccc2)CC1)N(C)CC(=O)N(CC)CC.I. The van der Waals surface area contributed by atoms with Gasteiger partial charge in [0.2, 0.25) is 5.91 Å². The van der Waals surface area contributed by atoms with Gasteiger partial charge in [0.25, 0.3) is 0 Å². The van der Waals surface area contributed by atoms with Gasteiger partial charge in [-0.15, -0.1) is 24.0 Å². The average Bonchev–Trinajstić information content (AvgIpc) is 2.80. The summed E-state index contributed by atoms with van der Waals surface area (Å²) in [7, 11) is 1.94. The number of benzene rings is 1. The number of carbonyl (C=O) groups excluding carboxylic acids is 1. The van der Waals surface area contributed by atoms with Gasteiger partial charge >= 0.3 is 0 Å². The summed E-state index contributed by atoms with van der Waals surface area (Å²) in [4.78, 5) is 26.1. The molecule has 0 atom stereocenters. The monoisotopic (exact) mass is 572 g/mol. The molecule has 1 heterocycles. The Morgan fingerprint density at radius 3 is 2.24 bits per heavy atom. The van der Waals surface area contributed by atoms with Crippen LogP contribution in [0.4, 0.5) is 0 Å². The Morgan fingerprint density at radius 2 is 1.64 bits per heavy atom. The van der Waals surface area contributed by atoms with Crippen LogP contribution in [0.1, 0.15) is 39.2 Å². The molecule has 1 saturated heterocycles. The van der Waals surface area contributed by atoms with E-state index in [1.54, 1.807) is 0 Å². The highest BCUT2D eigenvalue weighted by Gasteiger charge is 2.17. The molecule has 0 bridgehead atoms. The number of nitrogens with zero attached hydrogens (tertiary/aromatic N) is 5. The molecule has 1 amide bonds. The minimum absolute atomic E-state index is 0. The smallest absolute Gasteiger partial charge is 0.242 e. The van der Waals surface area contributed by atoms with Gasteiger partial charge in [-0.05, 0) is 45.7 Å². The van der Waals surface area contributed by atoms with Crippen LogP contribution in [-0.4, -0.2) is 104 Å². The molecule has 0 saturated carbocycles. The van der Waals surface area contributed by atoms with Crippen molar-refractivity contribution in [2.24, 2.45) is 4.99 Å². The predicted octanol–water partition coefficient (Wildman–Crippen LogP) is 2.97. The first-order valence-electron chi connectivity index (χ1n) is 12.3. The summed E-state index contributed by atoms with van der Waals surface area (Å²) in [6.07, 6.45) is 2.22. The second kappa shape index (κ2) is 17.1. The molecule has 8 heteroatoms. The Bertz CT molecular complexity index is 675. The van der Waals surface area contributed by atoms with Crippen molar-refractivity contribution in [1.82, 2.24) is 24.9 Å². The van der Waals surface area contributed by atoms with E-state index in [9.17, 15) is 4.79 Å². The molecule has 2 rings (SSSR count). The van der Waals surface area contributed by atoms with Gasteiger partial charge in [0, 0.05) is 66.0 Å². The molecule has 1 fully saturated rings. The molecule has 1 N–H and O–H groups in total. The molecule has 188 valence electrons. The zero-order valence-corrected chi connectivity index (χ0v) is 23.5. The number of nitrogens with one attached hydrogen (secondary N) is 1. The van der Waals surface area contributed by atoms with Gasteiger partial charge in [-0.25, -0.2) is 0 Å². The van der Waals surface area contributed by atoms with Gasteiger partial charge in [0.05, 0.1) is 6.54 Å². The molecule has 33 heavy (non-hydrogen) atoms. The van der Waals surface area contributed by atoms with Gasteiger partial charge in [-0.3, -0.25) is 14.7 Å². The zero-order chi connectivity index (χ0) is 23.2. The first-order chi connectivity index (χ1) is 15.6. The molecular weight excluding hydrogens is 527 g/mol. The van der Waals surface area contributed by atoms with Crippen LogP contribution in [0.15, 0.2) is 35.3 Å². The van der Waals surface area contributed by atoms with Gasteiger partial charge in [-0.2, -0.15) is 0 Å². The summed E-state index contributed by atoms with van der Waals surface area (Å²) in [6, 6.07) is 10.7. The molecule has 1 aliphatic rings. The molecule has 7 nitrogen and oxygen atoms in total. The molecule has 0 unspecified atom stereocenters. The number of likely N-dealkylation sites (N-methyl/N-ethyl adjacent to an activating group) is 2. The molecular formula is C25H45IN6O. The number of rotatable bonds is 12. The Kier molecular flexibility index (Phi) is 15.4. The number of piperazine rings is 1. The van der Waals surface area contributed by atoms with E-state index >= 15 is 0 Å². The maximum absolute atomic E-state index is 12.4. The fourth-order valence-corrected chi connectivity index (χ4v) is 4.07. The lowest BCUT2D eigenvalue weighted by Gasteiger charge is -2.34. The molecule has 1 aromatic carbocycles. The fraction of sp³-hybridized carbons (Fsp3) is 0.680. The van der Waals surface area contributed by atoms with Crippen LogP contribution < -0.4 is 5.32 Å². The van der Waals surface area contributed by atoms with E-state index in [2.05, 4.69) is 52.4 Å². The quantitative estimate of drug-likeness (QED) is 0.181. The molecule has 1 aliphatic heterocycles. The minimum atomic E-state index is 0. The molecule has 0 radical (unpaired) electrons. The highest BCUT2D eigenvalue weighted by atomic mass is 127. The number of halogens is 1. The number of hydrogen-bond acceptors (Lipinski definition) is 4. The number of unbranched alkanes of at least 4 members (excludes halogenated alkanes) is 1. The summed E-state index contributed by atoms with van der Waals surface area (Å²) in [6.45, 7) is 16.3. The van der Waals surface area contributed by atoms with Crippen molar-refractivity contribution >= 4 is 35.8 Å². The maximum atomic E-state index is 12.4. The Morgan fingerprint density at radius 1 is 1.00 bits per heavy atom. The summed E-state index contributed by atoms with van der Waals surface area (Å²) in [5.41, 5.74) is 1.40. The van der Waals surface area contributed by atoms with E-state index < -0.39 is 0 Å². The molecule has 1 aromatic rings. The highest BCUT2D eigenvalue weighted by Crippen LogP contribution is 2.09. The van der Waals surface area contributed by atoms with E-state index in [1.807, 2.05) is 30.7 Å². The number of guanidine groups is 1. The minimum Gasteiger partial charge on any atom is -0.357 e. The van der Waals surface area contributed by atoms with Crippen molar-refractivity contribution < 1.29 is 4.79 Å². The maximum Gasteiger partial charge on any atom is 0.242 e. The predicted molar refractivity (Wildman–Crippen MR) is 149 cm³/mol. The van der Waals surface area contributed by atoms with Crippen molar-refractivity contribution in [2.45, 2.75) is 40.2 Å². The molecule has 0 aromatic heterocycles. The van der Waals surface area contributed by atoms with Crippen LogP contribution in [0.3, 0.4) is 0 Å². The van der Waals surface area contributed by atoms with Crippen molar-refractivity contribution in [3.63, 3.8) is 0 Å². The van der Waals surface area contributed by atoms with Gasteiger partial charge in [0.1, 0.15) is 0 Å². The Balaban J connectivity index is 0.00000544. The number of hydrogen-bond donors (Lipinski definition) is 1. The fourth-order valence-electron chi connectivity index (χ4n) is 4.07. The first kappa shape index (κ1) is 29.6. The second-order valence-electron chi connectivity index (χ2n) is 8.47. The number of amides is 1.